The number of hydrazine groups is 1. The van der Waals surface area contributed by atoms with Crippen molar-refractivity contribution in [1.29, 1.82) is 0 Å². The van der Waals surface area contributed by atoms with E-state index in [-0.39, 0.29) is 0 Å². The van der Waals surface area contributed by atoms with Gasteiger partial charge in [-0.1, -0.05) is 71.1 Å². The number of unbranched alkanes of at least 4 members (excludes halogenated alkanes) is 9. The molecule has 0 aliphatic heterocycles. The molecule has 0 radical (unpaired) electrons. The fraction of sp³-hybridized carbons (Fsp3) is 1.00. The second-order valence-corrected chi connectivity index (χ2v) is 7.73. The van der Waals surface area contributed by atoms with Crippen molar-refractivity contribution in [3.05, 3.63) is 0 Å². The molecule has 0 heterocycles. The first kappa shape index (κ1) is 17.3. The van der Waals surface area contributed by atoms with Gasteiger partial charge in [0.2, 0.25) is 0 Å². The maximum Gasteiger partial charge on any atom is 0.0239 e. The van der Waals surface area contributed by atoms with Gasteiger partial charge in [0.25, 0.3) is 0 Å². The zero-order chi connectivity index (χ0) is 14.9. The molecule has 0 saturated heterocycles. The van der Waals surface area contributed by atoms with Crippen LogP contribution in [0.2, 0.25) is 0 Å². The van der Waals surface area contributed by atoms with Crippen molar-refractivity contribution < 1.29 is 0 Å². The van der Waals surface area contributed by atoms with E-state index in [2.05, 4.69) is 12.3 Å². The van der Waals surface area contributed by atoms with Crippen LogP contribution in [0.15, 0.2) is 0 Å². The summed E-state index contributed by atoms with van der Waals surface area (Å²) >= 11 is 0. The monoisotopic (exact) mass is 294 g/mol. The summed E-state index contributed by atoms with van der Waals surface area (Å²) in [7, 11) is 0. The molecule has 0 aromatic heterocycles. The third-order valence-corrected chi connectivity index (χ3v) is 5.93. The average Bonchev–Trinajstić information content (AvgIpc) is 3.11. The van der Waals surface area contributed by atoms with Gasteiger partial charge < -0.3 is 0 Å². The van der Waals surface area contributed by atoms with Crippen LogP contribution in [0.3, 0.4) is 0 Å². The lowest BCUT2D eigenvalue weighted by Gasteiger charge is -2.24. The summed E-state index contributed by atoms with van der Waals surface area (Å²) in [6.07, 6.45) is 20.0. The zero-order valence-electron chi connectivity index (χ0n) is 14.3. The Hall–Kier alpha value is -0.0800. The molecule has 124 valence electrons. The molecule has 2 heteroatoms. The summed E-state index contributed by atoms with van der Waals surface area (Å²) in [5, 5.41) is 0. The molecule has 3 atom stereocenters. The lowest BCUT2D eigenvalue weighted by molar-refractivity contribution is 0.313. The van der Waals surface area contributed by atoms with Gasteiger partial charge in [-0.05, 0) is 43.4 Å². The standard InChI is InChI=1S/C19H38N2/c1-2-3-4-5-6-7-8-9-10-11-12-19(21-20)18-14-16-13-17(16)15-18/h16-19,21H,2-15,20H2,1H3. The van der Waals surface area contributed by atoms with E-state index < -0.39 is 0 Å². The molecule has 0 bridgehead atoms. The third-order valence-electron chi connectivity index (χ3n) is 5.93. The second-order valence-electron chi connectivity index (χ2n) is 7.73. The van der Waals surface area contributed by atoms with Crippen LogP contribution in [0, 0.1) is 17.8 Å². The largest absolute Gasteiger partial charge is 0.271 e. The van der Waals surface area contributed by atoms with Crippen LogP contribution in [0.25, 0.3) is 0 Å². The van der Waals surface area contributed by atoms with Crippen LogP contribution in [0.5, 0.6) is 0 Å². The van der Waals surface area contributed by atoms with Crippen LogP contribution in [0.1, 0.15) is 96.8 Å². The van der Waals surface area contributed by atoms with Crippen molar-refractivity contribution in [2.75, 3.05) is 0 Å². The Kier molecular flexibility index (Phi) is 8.10. The van der Waals surface area contributed by atoms with E-state index >= 15 is 0 Å². The van der Waals surface area contributed by atoms with Gasteiger partial charge in [0.05, 0.1) is 0 Å². The molecule has 2 aliphatic rings. The van der Waals surface area contributed by atoms with E-state index in [0.717, 1.165) is 17.8 Å². The van der Waals surface area contributed by atoms with Crippen molar-refractivity contribution in [2.45, 2.75) is 103 Å². The van der Waals surface area contributed by atoms with Crippen LogP contribution >= 0.6 is 0 Å². The molecule has 21 heavy (non-hydrogen) atoms. The maximum absolute atomic E-state index is 5.78. The summed E-state index contributed by atoms with van der Waals surface area (Å²) < 4.78 is 0. The molecule has 2 nitrogen and oxygen atoms in total. The number of nitrogens with two attached hydrogens (primary N) is 1. The minimum absolute atomic E-state index is 0.604. The van der Waals surface area contributed by atoms with Gasteiger partial charge >= 0.3 is 0 Å². The summed E-state index contributed by atoms with van der Waals surface area (Å²) in [6.45, 7) is 2.29. The Morgan fingerprint density at radius 3 is 1.86 bits per heavy atom. The Bertz CT molecular complexity index is 256. The second kappa shape index (κ2) is 9.84. The number of hydrogen-bond donors (Lipinski definition) is 2. The summed E-state index contributed by atoms with van der Waals surface area (Å²) in [5.74, 6) is 8.83. The van der Waals surface area contributed by atoms with E-state index in [1.807, 2.05) is 0 Å². The molecule has 0 aromatic carbocycles. The van der Waals surface area contributed by atoms with Crippen molar-refractivity contribution in [2.24, 2.45) is 23.6 Å². The van der Waals surface area contributed by atoms with Gasteiger partial charge in [-0.2, -0.15) is 0 Å². The first-order valence-electron chi connectivity index (χ1n) is 9.81. The predicted octanol–water partition coefficient (Wildman–Crippen LogP) is 5.18. The maximum atomic E-state index is 5.78. The topological polar surface area (TPSA) is 38.0 Å². The SMILES string of the molecule is CCCCCCCCCCCCC(NN)C1CC2CC2C1. The van der Waals surface area contributed by atoms with Crippen LogP contribution in [-0.2, 0) is 0 Å². The Labute approximate surface area is 132 Å². The fourth-order valence-corrected chi connectivity index (χ4v) is 4.40. The Morgan fingerprint density at radius 2 is 1.33 bits per heavy atom. The molecular formula is C19H38N2. The van der Waals surface area contributed by atoms with Crippen LogP contribution in [-0.4, -0.2) is 6.04 Å². The quantitative estimate of drug-likeness (QED) is 0.279. The molecule has 2 saturated carbocycles. The van der Waals surface area contributed by atoms with Crippen molar-refractivity contribution in [1.82, 2.24) is 5.43 Å². The average molecular weight is 295 g/mol. The number of nitrogens with one attached hydrogen (secondary N) is 1. The Balaban J connectivity index is 1.38. The molecule has 0 aromatic rings. The van der Waals surface area contributed by atoms with Gasteiger partial charge in [0.1, 0.15) is 0 Å². The lowest BCUT2D eigenvalue weighted by Crippen LogP contribution is -2.40. The predicted molar refractivity (Wildman–Crippen MR) is 91.9 cm³/mol. The van der Waals surface area contributed by atoms with Crippen molar-refractivity contribution >= 4 is 0 Å². The van der Waals surface area contributed by atoms with E-state index in [1.54, 1.807) is 0 Å². The van der Waals surface area contributed by atoms with Crippen molar-refractivity contribution in [3.63, 3.8) is 0 Å². The van der Waals surface area contributed by atoms with Crippen LogP contribution in [0.4, 0.5) is 0 Å². The van der Waals surface area contributed by atoms with E-state index in [9.17, 15) is 0 Å². The molecular weight excluding hydrogens is 256 g/mol. The fourth-order valence-electron chi connectivity index (χ4n) is 4.40. The minimum atomic E-state index is 0.604. The van der Waals surface area contributed by atoms with Crippen molar-refractivity contribution in [3.8, 4) is 0 Å². The van der Waals surface area contributed by atoms with Gasteiger partial charge in [0.15, 0.2) is 0 Å². The van der Waals surface area contributed by atoms with Gasteiger partial charge in [0, 0.05) is 6.04 Å². The molecule has 2 fully saturated rings. The molecule has 0 amide bonds. The first-order valence-corrected chi connectivity index (χ1v) is 9.81. The highest BCUT2D eigenvalue weighted by atomic mass is 15.2. The Morgan fingerprint density at radius 1 is 0.810 bits per heavy atom. The van der Waals surface area contributed by atoms with Gasteiger partial charge in [-0.25, -0.2) is 0 Å². The van der Waals surface area contributed by atoms with E-state index in [1.165, 1.54) is 89.9 Å². The van der Waals surface area contributed by atoms with E-state index in [0.29, 0.717) is 6.04 Å². The minimum Gasteiger partial charge on any atom is -0.271 e. The zero-order valence-corrected chi connectivity index (χ0v) is 14.3. The summed E-state index contributed by atoms with van der Waals surface area (Å²) in [6, 6.07) is 0.604. The highest BCUT2D eigenvalue weighted by Gasteiger charge is 2.47. The first-order chi connectivity index (χ1) is 10.3. The summed E-state index contributed by atoms with van der Waals surface area (Å²) in [4.78, 5) is 0. The van der Waals surface area contributed by atoms with Crippen LogP contribution < -0.4 is 11.3 Å². The third kappa shape index (κ3) is 6.28. The molecule has 3 unspecified atom stereocenters. The summed E-state index contributed by atoms with van der Waals surface area (Å²) in [5.41, 5.74) is 3.12. The highest BCUT2D eigenvalue weighted by molar-refractivity contribution is 4.98. The smallest absolute Gasteiger partial charge is 0.0239 e. The molecule has 2 rings (SSSR count). The number of rotatable bonds is 13. The van der Waals surface area contributed by atoms with Gasteiger partial charge in [-0.15, -0.1) is 0 Å². The number of hydrogen-bond acceptors (Lipinski definition) is 2. The highest BCUT2D eigenvalue weighted by Crippen LogP contribution is 2.55. The molecule has 0 spiro atoms. The normalized spacial score (nSPS) is 28.6. The van der Waals surface area contributed by atoms with Gasteiger partial charge in [-0.3, -0.25) is 11.3 Å². The van der Waals surface area contributed by atoms with E-state index in [4.69, 9.17) is 5.84 Å². The molecule has 3 N–H and O–H groups in total. The molecule has 2 aliphatic carbocycles. The lowest BCUT2D eigenvalue weighted by atomic mass is 9.91. The number of fused-ring (bicyclic) bond motifs is 1.